The highest BCUT2D eigenvalue weighted by Gasteiger charge is 2.38. The molecule has 1 aliphatic rings. The first-order valence-electron chi connectivity index (χ1n) is 4.37. The van der Waals surface area contributed by atoms with Crippen molar-refractivity contribution in [2.75, 3.05) is 5.32 Å². The molecule has 1 aromatic carbocycles. The Bertz CT molecular complexity index is 428. The highest BCUT2D eigenvalue weighted by Crippen LogP contribution is 2.37. The van der Waals surface area contributed by atoms with Crippen LogP contribution >= 0.6 is 21.9 Å². The van der Waals surface area contributed by atoms with E-state index < -0.39 is 5.41 Å². The summed E-state index contributed by atoms with van der Waals surface area (Å²) in [6, 6.07) is 3.90. The van der Waals surface area contributed by atoms with Gasteiger partial charge in [-0.1, -0.05) is 0 Å². The number of amides is 1. The van der Waals surface area contributed by atoms with Crippen LogP contribution in [-0.4, -0.2) is 5.91 Å². The van der Waals surface area contributed by atoms with E-state index in [1.807, 2.05) is 26.0 Å². The van der Waals surface area contributed by atoms with Crippen LogP contribution < -0.4 is 10.6 Å². The first-order chi connectivity index (χ1) is 6.43. The predicted octanol–water partition coefficient (Wildman–Crippen LogP) is 1.71. The van der Waals surface area contributed by atoms with E-state index >= 15 is 0 Å². The van der Waals surface area contributed by atoms with Crippen molar-refractivity contribution in [1.82, 2.24) is 0 Å². The summed E-state index contributed by atoms with van der Waals surface area (Å²) in [5.74, 6) is 0.0517. The highest BCUT2D eigenvalue weighted by atomic mass is 32.1. The quantitative estimate of drug-likeness (QED) is 0.511. The molecule has 74 valence electrons. The number of hydrogen-bond acceptors (Lipinski definition) is 2. The third-order valence-corrected chi connectivity index (χ3v) is 3.76. The van der Waals surface area contributed by atoms with E-state index in [2.05, 4.69) is 27.2 Å². The topological polar surface area (TPSA) is 29.1 Å². The number of nitrogens with one attached hydrogen (secondary N) is 1. The first kappa shape index (κ1) is 10.0. The van der Waals surface area contributed by atoms with Gasteiger partial charge in [0.1, 0.15) is 0 Å². The van der Waals surface area contributed by atoms with Gasteiger partial charge in [-0.15, -0.1) is 21.9 Å². The molecule has 14 heavy (non-hydrogen) atoms. The summed E-state index contributed by atoms with van der Waals surface area (Å²) in [6.45, 7) is 3.85. The average molecular weight is 225 g/mol. The molecule has 4 heteroatoms. The van der Waals surface area contributed by atoms with Crippen LogP contribution in [0.15, 0.2) is 17.0 Å². The van der Waals surface area contributed by atoms with Crippen molar-refractivity contribution in [3.8, 4) is 0 Å². The molecule has 1 aliphatic heterocycles. The standard InChI is InChI=1S/C10H12NOPS/c1-10(2)5-3-7(13)8(14)4-6(5)11-9(10)12/h3-4,14H,13H2,1-2H3,(H,11,12). The third-order valence-electron chi connectivity index (χ3n) is 2.66. The van der Waals surface area contributed by atoms with Crippen LogP contribution in [-0.2, 0) is 10.2 Å². The van der Waals surface area contributed by atoms with E-state index in [4.69, 9.17) is 0 Å². The Hall–Kier alpha value is -0.530. The van der Waals surface area contributed by atoms with Gasteiger partial charge in [0.15, 0.2) is 0 Å². The van der Waals surface area contributed by atoms with Crippen LogP contribution in [0, 0.1) is 0 Å². The molecule has 0 aliphatic carbocycles. The molecule has 2 nitrogen and oxygen atoms in total. The fourth-order valence-electron chi connectivity index (χ4n) is 1.63. The molecule has 0 spiro atoms. The molecule has 0 bridgehead atoms. The Morgan fingerprint density at radius 1 is 1.43 bits per heavy atom. The van der Waals surface area contributed by atoms with Crippen LogP contribution in [0.3, 0.4) is 0 Å². The molecular weight excluding hydrogens is 213 g/mol. The van der Waals surface area contributed by atoms with Crippen LogP contribution in [0.1, 0.15) is 19.4 Å². The maximum absolute atomic E-state index is 11.6. The number of benzene rings is 1. The predicted molar refractivity (Wildman–Crippen MR) is 64.7 cm³/mol. The monoisotopic (exact) mass is 225 g/mol. The lowest BCUT2D eigenvalue weighted by Gasteiger charge is -2.15. The second kappa shape index (κ2) is 2.98. The number of thiol groups is 1. The Morgan fingerprint density at radius 3 is 2.71 bits per heavy atom. The molecule has 1 atom stereocenters. The second-order valence-electron chi connectivity index (χ2n) is 4.04. The summed E-state index contributed by atoms with van der Waals surface area (Å²) < 4.78 is 0. The lowest BCUT2D eigenvalue weighted by Crippen LogP contribution is -2.27. The van der Waals surface area contributed by atoms with Crippen LogP contribution in [0.25, 0.3) is 0 Å². The minimum absolute atomic E-state index is 0.0517. The SMILES string of the molecule is CC1(C)C(=O)Nc2cc(S)c(P)cc21. The van der Waals surface area contributed by atoms with Crippen molar-refractivity contribution in [3.63, 3.8) is 0 Å². The summed E-state index contributed by atoms with van der Waals surface area (Å²) >= 11 is 4.31. The zero-order chi connectivity index (χ0) is 10.5. The molecule has 1 heterocycles. The maximum atomic E-state index is 11.6. The minimum Gasteiger partial charge on any atom is -0.325 e. The van der Waals surface area contributed by atoms with E-state index in [0.717, 1.165) is 21.5 Å². The van der Waals surface area contributed by atoms with Gasteiger partial charge < -0.3 is 5.32 Å². The summed E-state index contributed by atoms with van der Waals surface area (Å²) in [6.07, 6.45) is 0. The van der Waals surface area contributed by atoms with E-state index in [9.17, 15) is 4.79 Å². The van der Waals surface area contributed by atoms with E-state index in [1.54, 1.807) is 0 Å². The fraction of sp³-hybridized carbons (Fsp3) is 0.300. The van der Waals surface area contributed by atoms with Gasteiger partial charge in [0.2, 0.25) is 5.91 Å². The Labute approximate surface area is 91.1 Å². The molecular formula is C10H12NOPS. The van der Waals surface area contributed by atoms with Crippen molar-refractivity contribution in [3.05, 3.63) is 17.7 Å². The third kappa shape index (κ3) is 1.27. The van der Waals surface area contributed by atoms with Gasteiger partial charge in [-0.2, -0.15) is 0 Å². The maximum Gasteiger partial charge on any atom is 0.234 e. The number of anilines is 1. The average Bonchev–Trinajstić information content (AvgIpc) is 2.28. The number of hydrogen-bond donors (Lipinski definition) is 2. The molecule has 1 unspecified atom stereocenters. The number of carbonyl (C=O) groups excluding carboxylic acids is 1. The zero-order valence-corrected chi connectivity index (χ0v) is 10.1. The van der Waals surface area contributed by atoms with Gasteiger partial charge in [0.05, 0.1) is 5.41 Å². The lowest BCUT2D eigenvalue weighted by molar-refractivity contribution is -0.119. The first-order valence-corrected chi connectivity index (χ1v) is 5.40. The largest absolute Gasteiger partial charge is 0.325 e. The van der Waals surface area contributed by atoms with Gasteiger partial charge in [0, 0.05) is 10.6 Å². The second-order valence-corrected chi connectivity index (χ2v) is 5.14. The smallest absolute Gasteiger partial charge is 0.234 e. The van der Waals surface area contributed by atoms with Crippen molar-refractivity contribution in [1.29, 1.82) is 0 Å². The molecule has 0 radical (unpaired) electrons. The Morgan fingerprint density at radius 2 is 2.07 bits per heavy atom. The summed E-state index contributed by atoms with van der Waals surface area (Å²) in [7, 11) is 2.63. The fourth-order valence-corrected chi connectivity index (χ4v) is 2.07. The van der Waals surface area contributed by atoms with Crippen LogP contribution in [0.5, 0.6) is 0 Å². The van der Waals surface area contributed by atoms with Crippen LogP contribution in [0.4, 0.5) is 5.69 Å². The molecule has 0 saturated carbocycles. The molecule has 1 aromatic rings. The van der Waals surface area contributed by atoms with Gasteiger partial charge >= 0.3 is 0 Å². The van der Waals surface area contributed by atoms with E-state index in [-0.39, 0.29) is 5.91 Å². The number of carbonyl (C=O) groups is 1. The number of fused-ring (bicyclic) bond motifs is 1. The molecule has 0 saturated heterocycles. The van der Waals surface area contributed by atoms with Crippen molar-refractivity contribution in [2.45, 2.75) is 24.2 Å². The molecule has 0 fully saturated rings. The lowest BCUT2D eigenvalue weighted by atomic mass is 9.86. The molecule has 2 rings (SSSR count). The highest BCUT2D eigenvalue weighted by molar-refractivity contribution is 7.80. The molecule has 1 N–H and O–H groups in total. The van der Waals surface area contributed by atoms with E-state index in [1.165, 1.54) is 0 Å². The van der Waals surface area contributed by atoms with Gasteiger partial charge in [0.25, 0.3) is 0 Å². The molecule has 1 amide bonds. The summed E-state index contributed by atoms with van der Waals surface area (Å²) in [4.78, 5) is 12.5. The molecule has 0 aromatic heterocycles. The van der Waals surface area contributed by atoms with Gasteiger partial charge in [-0.05, 0) is 36.8 Å². The normalized spacial score (nSPS) is 17.9. The summed E-state index contributed by atoms with van der Waals surface area (Å²) in [5.41, 5.74) is 1.50. The Balaban J connectivity index is 2.67. The minimum atomic E-state index is -0.428. The number of rotatable bonds is 0. The zero-order valence-electron chi connectivity index (χ0n) is 8.09. The van der Waals surface area contributed by atoms with Crippen molar-refractivity contribution in [2.24, 2.45) is 0 Å². The van der Waals surface area contributed by atoms with Crippen molar-refractivity contribution < 1.29 is 4.79 Å². The summed E-state index contributed by atoms with van der Waals surface area (Å²) in [5, 5.41) is 3.88. The van der Waals surface area contributed by atoms with Crippen molar-refractivity contribution >= 4 is 38.8 Å². The van der Waals surface area contributed by atoms with Crippen LogP contribution in [0.2, 0.25) is 0 Å². The van der Waals surface area contributed by atoms with Gasteiger partial charge in [-0.3, -0.25) is 4.79 Å². The van der Waals surface area contributed by atoms with Gasteiger partial charge in [-0.25, -0.2) is 0 Å². The van der Waals surface area contributed by atoms with E-state index in [0.29, 0.717) is 0 Å². The Kier molecular flexibility index (Phi) is 2.13.